The van der Waals surface area contributed by atoms with E-state index in [1.54, 1.807) is 4.90 Å². The van der Waals surface area contributed by atoms with E-state index in [-0.39, 0.29) is 47.0 Å². The SMILES string of the molecule is CO[C@@]12[C@H](COC(N)=O)C3=C(C(=O)C(C)=C(N)C3=O)N1C[C@@H]1[N-][C@@H]12. The molecule has 9 heteroatoms. The molecule has 0 spiro atoms. The minimum Gasteiger partial charge on any atom is -0.654 e. The summed E-state index contributed by atoms with van der Waals surface area (Å²) >= 11 is 0. The van der Waals surface area contributed by atoms with Gasteiger partial charge in [-0.2, -0.15) is 0 Å². The number of ketones is 2. The van der Waals surface area contributed by atoms with Gasteiger partial charge in [0.2, 0.25) is 11.6 Å². The molecule has 0 unspecified atom stereocenters. The standard InChI is InChI=1S/C15H17N4O5/c1-5-9(16)12(21)8-6(4-24-14(17)22)15(23-2)13-7(18-13)3-19(15)10(8)11(5)20/h6-7,13H,3-4,16H2,1-2H3,(H2,17,22)/q-1/t6-,7+,13+,15-/m1/s1. The number of hydrogen-bond donors (Lipinski definition) is 2. The molecule has 3 aliphatic heterocycles. The third-order valence-electron chi connectivity index (χ3n) is 5.38. The molecule has 3 heterocycles. The Kier molecular flexibility index (Phi) is 2.89. The molecule has 1 aliphatic carbocycles. The fourth-order valence-electron chi connectivity index (χ4n) is 4.22. The zero-order chi connectivity index (χ0) is 17.4. The van der Waals surface area contributed by atoms with Gasteiger partial charge in [0.15, 0.2) is 0 Å². The highest BCUT2D eigenvalue weighted by Gasteiger charge is 2.66. The molecule has 2 fully saturated rings. The molecule has 2 saturated heterocycles. The smallest absolute Gasteiger partial charge is 0.404 e. The quantitative estimate of drug-likeness (QED) is 0.505. The lowest BCUT2D eigenvalue weighted by atomic mass is 9.82. The Bertz CT molecular complexity index is 757. The Labute approximate surface area is 137 Å². The zero-order valence-corrected chi connectivity index (χ0v) is 13.2. The molecule has 0 aromatic rings. The van der Waals surface area contributed by atoms with E-state index in [1.165, 1.54) is 14.0 Å². The van der Waals surface area contributed by atoms with E-state index in [0.717, 1.165) is 0 Å². The summed E-state index contributed by atoms with van der Waals surface area (Å²) in [4.78, 5) is 38.4. The number of nitrogens with two attached hydrogens (primary N) is 2. The van der Waals surface area contributed by atoms with Crippen LogP contribution >= 0.6 is 0 Å². The monoisotopic (exact) mass is 333 g/mol. The van der Waals surface area contributed by atoms with E-state index in [1.807, 2.05) is 0 Å². The van der Waals surface area contributed by atoms with Crippen LogP contribution < -0.4 is 11.5 Å². The lowest BCUT2D eigenvalue weighted by molar-refractivity contribution is -0.132. The van der Waals surface area contributed by atoms with Crippen LogP contribution in [-0.2, 0) is 19.1 Å². The molecule has 24 heavy (non-hydrogen) atoms. The van der Waals surface area contributed by atoms with Crippen molar-refractivity contribution in [3.63, 3.8) is 0 Å². The summed E-state index contributed by atoms with van der Waals surface area (Å²) in [5, 5.41) is 4.44. The summed E-state index contributed by atoms with van der Waals surface area (Å²) < 4.78 is 10.7. The number of allylic oxidation sites excluding steroid dienone is 2. The highest BCUT2D eigenvalue weighted by molar-refractivity contribution is 6.25. The molecule has 0 aromatic heterocycles. The van der Waals surface area contributed by atoms with E-state index in [2.05, 4.69) is 5.32 Å². The number of carbonyl (C=O) groups is 3. The maximum Gasteiger partial charge on any atom is 0.404 e. The second kappa shape index (κ2) is 4.58. The molecular formula is C15H17N4O5-. The van der Waals surface area contributed by atoms with Gasteiger partial charge in [0.05, 0.1) is 17.3 Å². The molecule has 4 atom stereocenters. The first kappa shape index (κ1) is 15.2. The molecule has 0 radical (unpaired) electrons. The summed E-state index contributed by atoms with van der Waals surface area (Å²) in [5.74, 6) is -1.40. The number of carbonyl (C=O) groups excluding carboxylic acids is 3. The van der Waals surface area contributed by atoms with Gasteiger partial charge in [0, 0.05) is 24.8 Å². The van der Waals surface area contributed by atoms with Gasteiger partial charge in [-0.05, 0) is 6.92 Å². The topological polar surface area (TPSA) is 139 Å². The van der Waals surface area contributed by atoms with Crippen LogP contribution in [0.15, 0.2) is 22.5 Å². The van der Waals surface area contributed by atoms with E-state index in [4.69, 9.17) is 20.9 Å². The van der Waals surface area contributed by atoms with Crippen LogP contribution in [-0.4, -0.2) is 60.6 Å². The number of primary amides is 1. The first-order valence-corrected chi connectivity index (χ1v) is 7.59. The van der Waals surface area contributed by atoms with E-state index >= 15 is 0 Å². The van der Waals surface area contributed by atoms with Crippen molar-refractivity contribution in [2.45, 2.75) is 24.7 Å². The van der Waals surface area contributed by atoms with Crippen LogP contribution in [0.1, 0.15) is 6.92 Å². The summed E-state index contributed by atoms with van der Waals surface area (Å²) in [7, 11) is 1.50. The summed E-state index contributed by atoms with van der Waals surface area (Å²) in [6.45, 7) is 1.83. The van der Waals surface area contributed by atoms with Gasteiger partial charge in [-0.25, -0.2) is 4.79 Å². The van der Waals surface area contributed by atoms with Gasteiger partial charge >= 0.3 is 6.09 Å². The number of rotatable bonds is 3. The van der Waals surface area contributed by atoms with Crippen molar-refractivity contribution in [2.75, 3.05) is 20.3 Å². The maximum absolute atomic E-state index is 12.8. The molecule has 128 valence electrons. The van der Waals surface area contributed by atoms with Crippen molar-refractivity contribution in [1.29, 1.82) is 0 Å². The van der Waals surface area contributed by atoms with Gasteiger partial charge < -0.3 is 31.2 Å². The number of Topliss-reactive ketones (excluding diaryl/α,β-unsaturated/α-hetero) is 2. The summed E-state index contributed by atoms with van der Waals surface area (Å²) in [6, 6.07) is -0.141. The van der Waals surface area contributed by atoms with Crippen LogP contribution in [0, 0.1) is 5.92 Å². The fourth-order valence-corrected chi connectivity index (χ4v) is 4.22. The Balaban J connectivity index is 1.85. The molecule has 0 saturated carbocycles. The summed E-state index contributed by atoms with van der Waals surface area (Å²) in [6.07, 6.45) is -0.960. The lowest BCUT2D eigenvalue weighted by Crippen LogP contribution is -2.53. The average Bonchev–Trinajstić information content (AvgIpc) is 3.16. The van der Waals surface area contributed by atoms with Crippen molar-refractivity contribution < 1.29 is 23.9 Å². The largest absolute Gasteiger partial charge is 0.654 e. The molecule has 4 rings (SSSR count). The first-order chi connectivity index (χ1) is 11.3. The van der Waals surface area contributed by atoms with Crippen molar-refractivity contribution in [1.82, 2.24) is 4.90 Å². The Morgan fingerprint density at radius 3 is 2.75 bits per heavy atom. The Hall–Kier alpha value is -2.39. The van der Waals surface area contributed by atoms with Crippen molar-refractivity contribution in [2.24, 2.45) is 17.4 Å². The normalized spacial score (nSPS) is 36.8. The third kappa shape index (κ3) is 1.58. The van der Waals surface area contributed by atoms with Gasteiger partial charge in [-0.3, -0.25) is 9.59 Å². The van der Waals surface area contributed by atoms with E-state index in [9.17, 15) is 14.4 Å². The highest BCUT2D eigenvalue weighted by atomic mass is 16.6. The minimum atomic E-state index is -1.01. The number of amides is 1. The highest BCUT2D eigenvalue weighted by Crippen LogP contribution is 2.60. The van der Waals surface area contributed by atoms with E-state index < -0.39 is 23.5 Å². The van der Waals surface area contributed by atoms with Gasteiger partial charge in [0.1, 0.15) is 12.3 Å². The van der Waals surface area contributed by atoms with Crippen LogP contribution in [0.2, 0.25) is 0 Å². The number of nitrogens with zero attached hydrogens (tertiary/aromatic N) is 2. The Morgan fingerprint density at radius 1 is 1.42 bits per heavy atom. The zero-order valence-electron chi connectivity index (χ0n) is 13.2. The Morgan fingerprint density at radius 2 is 2.12 bits per heavy atom. The number of methoxy groups -OCH3 is 1. The van der Waals surface area contributed by atoms with E-state index in [0.29, 0.717) is 6.54 Å². The van der Waals surface area contributed by atoms with Crippen LogP contribution in [0.5, 0.6) is 0 Å². The molecule has 0 bridgehead atoms. The summed E-state index contributed by atoms with van der Waals surface area (Å²) in [5.41, 5.74) is 10.5. The number of ether oxygens (including phenoxy) is 2. The van der Waals surface area contributed by atoms with Crippen molar-refractivity contribution >= 4 is 17.7 Å². The first-order valence-electron chi connectivity index (χ1n) is 7.59. The molecule has 4 aliphatic rings. The molecule has 9 nitrogen and oxygen atoms in total. The van der Waals surface area contributed by atoms with Crippen LogP contribution in [0.3, 0.4) is 0 Å². The number of hydrogen-bond acceptors (Lipinski definition) is 7. The van der Waals surface area contributed by atoms with Crippen LogP contribution in [0.25, 0.3) is 5.32 Å². The second-order valence-corrected chi connectivity index (χ2v) is 6.37. The molecule has 0 aromatic carbocycles. The van der Waals surface area contributed by atoms with Crippen LogP contribution in [0.4, 0.5) is 4.79 Å². The number of piperazine rings is 1. The van der Waals surface area contributed by atoms with Crippen molar-refractivity contribution in [3.8, 4) is 0 Å². The molecule has 1 amide bonds. The van der Waals surface area contributed by atoms with Gasteiger partial charge in [-0.1, -0.05) is 0 Å². The predicted molar refractivity (Wildman–Crippen MR) is 80.3 cm³/mol. The second-order valence-electron chi connectivity index (χ2n) is 6.37. The third-order valence-corrected chi connectivity index (χ3v) is 5.38. The minimum absolute atomic E-state index is 0.0431. The predicted octanol–water partition coefficient (Wildman–Crippen LogP) is -0.867. The molecule has 4 N–H and O–H groups in total. The van der Waals surface area contributed by atoms with Gasteiger partial charge in [0.25, 0.3) is 0 Å². The van der Waals surface area contributed by atoms with Gasteiger partial charge in [-0.15, -0.1) is 12.1 Å². The average molecular weight is 333 g/mol. The number of fused-ring (bicyclic) bond motifs is 4. The maximum atomic E-state index is 12.8. The van der Waals surface area contributed by atoms with Crippen molar-refractivity contribution in [3.05, 3.63) is 27.9 Å². The fraction of sp³-hybridized carbons (Fsp3) is 0.533. The lowest BCUT2D eigenvalue weighted by Gasteiger charge is -2.43. The molecular weight excluding hydrogens is 316 g/mol.